The van der Waals surface area contributed by atoms with Gasteiger partial charge in [0.1, 0.15) is 0 Å². The van der Waals surface area contributed by atoms with Gasteiger partial charge in [-0.1, -0.05) is 60.7 Å². The van der Waals surface area contributed by atoms with Crippen molar-refractivity contribution in [3.8, 4) is 0 Å². The Morgan fingerprint density at radius 1 is 0.852 bits per heavy atom. The van der Waals surface area contributed by atoms with E-state index in [1.807, 2.05) is 48.5 Å². The summed E-state index contributed by atoms with van der Waals surface area (Å²) in [6.07, 6.45) is 0.133. The summed E-state index contributed by atoms with van der Waals surface area (Å²) in [5, 5.41) is 15.1. The molecular weight excluding hydrogens is 342 g/mol. The van der Waals surface area contributed by atoms with Crippen LogP contribution in [-0.4, -0.2) is 16.4 Å². The molecule has 0 spiro atoms. The van der Waals surface area contributed by atoms with Crippen molar-refractivity contribution in [3.05, 3.63) is 106 Å². The smallest absolute Gasteiger partial charge is 0.269 e. The summed E-state index contributed by atoms with van der Waals surface area (Å²) in [4.78, 5) is 22.9. The Kier molecular flexibility index (Phi) is 5.69. The lowest BCUT2D eigenvalue weighted by molar-refractivity contribution is -0.384. The summed E-state index contributed by atoms with van der Waals surface area (Å²) < 4.78 is 0. The number of nitro groups is 1. The van der Waals surface area contributed by atoms with Crippen LogP contribution in [0.15, 0.2) is 90.0 Å². The van der Waals surface area contributed by atoms with Gasteiger partial charge in [-0.25, -0.2) is 0 Å². The molecule has 0 atom stereocenters. The van der Waals surface area contributed by atoms with Crippen LogP contribution in [0.1, 0.15) is 22.3 Å². The van der Waals surface area contributed by atoms with E-state index in [9.17, 15) is 14.9 Å². The number of anilines is 1. The van der Waals surface area contributed by atoms with Crippen LogP contribution in [0.5, 0.6) is 0 Å². The number of Topliss-reactive ketones (excluding diaryl/α,β-unsaturated/α-hetero) is 1. The van der Waals surface area contributed by atoms with Crippen molar-refractivity contribution < 1.29 is 9.72 Å². The van der Waals surface area contributed by atoms with Crippen LogP contribution < -0.4 is 5.43 Å². The summed E-state index contributed by atoms with van der Waals surface area (Å²) >= 11 is 0. The Balaban J connectivity index is 1.82. The molecule has 1 N–H and O–H groups in total. The molecule has 0 radical (unpaired) electrons. The van der Waals surface area contributed by atoms with Crippen molar-refractivity contribution in [2.75, 3.05) is 5.43 Å². The van der Waals surface area contributed by atoms with Gasteiger partial charge in [0.2, 0.25) is 0 Å². The van der Waals surface area contributed by atoms with E-state index in [0.717, 1.165) is 5.56 Å². The molecule has 134 valence electrons. The van der Waals surface area contributed by atoms with Crippen LogP contribution in [0, 0.1) is 10.1 Å². The maximum atomic E-state index is 12.6. The summed E-state index contributed by atoms with van der Waals surface area (Å²) in [5.41, 5.74) is 5.52. The highest BCUT2D eigenvalue weighted by atomic mass is 16.6. The van der Waals surface area contributed by atoms with Crippen molar-refractivity contribution in [1.29, 1.82) is 0 Å². The fourth-order valence-electron chi connectivity index (χ4n) is 2.50. The van der Waals surface area contributed by atoms with E-state index in [4.69, 9.17) is 0 Å². The molecular formula is C21H17N3O3. The lowest BCUT2D eigenvalue weighted by Crippen LogP contribution is -2.11. The third kappa shape index (κ3) is 4.85. The monoisotopic (exact) mass is 359 g/mol. The SMILES string of the molecule is O=C(C/C(=N\Nc1ccc([N+](=O)[O-])cc1)c1ccccc1)c1ccccc1. The Morgan fingerprint density at radius 2 is 1.41 bits per heavy atom. The van der Waals surface area contributed by atoms with E-state index < -0.39 is 4.92 Å². The molecule has 0 bridgehead atoms. The van der Waals surface area contributed by atoms with Crippen molar-refractivity contribution in [2.24, 2.45) is 5.10 Å². The van der Waals surface area contributed by atoms with Gasteiger partial charge in [-0.2, -0.15) is 5.10 Å². The lowest BCUT2D eigenvalue weighted by atomic mass is 10.0. The molecule has 27 heavy (non-hydrogen) atoms. The summed E-state index contributed by atoms with van der Waals surface area (Å²) in [5.74, 6) is -0.0382. The van der Waals surface area contributed by atoms with Gasteiger partial charge in [0.15, 0.2) is 5.78 Å². The number of carbonyl (C=O) groups is 1. The zero-order valence-corrected chi connectivity index (χ0v) is 14.4. The molecule has 0 saturated heterocycles. The molecule has 0 saturated carbocycles. The van der Waals surface area contributed by atoms with Crippen molar-refractivity contribution in [1.82, 2.24) is 0 Å². The third-order valence-electron chi connectivity index (χ3n) is 3.93. The molecule has 6 nitrogen and oxygen atoms in total. The first-order valence-electron chi connectivity index (χ1n) is 8.34. The zero-order chi connectivity index (χ0) is 19.1. The van der Waals surface area contributed by atoms with Crippen molar-refractivity contribution >= 4 is 22.9 Å². The second-order valence-electron chi connectivity index (χ2n) is 5.81. The van der Waals surface area contributed by atoms with Crippen LogP contribution in [0.25, 0.3) is 0 Å². The van der Waals surface area contributed by atoms with Gasteiger partial charge >= 0.3 is 0 Å². The zero-order valence-electron chi connectivity index (χ0n) is 14.4. The van der Waals surface area contributed by atoms with Crippen LogP contribution in [0.3, 0.4) is 0 Å². The molecule has 6 heteroatoms. The quantitative estimate of drug-likeness (QED) is 0.287. The summed E-state index contributed by atoms with van der Waals surface area (Å²) in [7, 11) is 0. The predicted molar refractivity (Wildman–Crippen MR) is 105 cm³/mol. The summed E-state index contributed by atoms with van der Waals surface area (Å²) in [6, 6.07) is 24.4. The lowest BCUT2D eigenvalue weighted by Gasteiger charge is -2.08. The third-order valence-corrected chi connectivity index (χ3v) is 3.93. The molecule has 0 fully saturated rings. The van der Waals surface area contributed by atoms with Gasteiger partial charge in [-0.3, -0.25) is 20.3 Å². The van der Waals surface area contributed by atoms with E-state index in [1.54, 1.807) is 24.3 Å². The number of rotatable bonds is 7. The molecule has 3 aromatic carbocycles. The topological polar surface area (TPSA) is 84.6 Å². The number of hydrogen-bond donors (Lipinski definition) is 1. The van der Waals surface area contributed by atoms with Crippen LogP contribution >= 0.6 is 0 Å². The predicted octanol–water partition coefficient (Wildman–Crippen LogP) is 4.68. The standard InChI is InChI=1S/C21H17N3O3/c25-21(17-9-5-2-6-10-17)15-20(16-7-3-1-4-8-16)23-22-18-11-13-19(14-12-18)24(26)27/h1-14,22H,15H2/b23-20+. The van der Waals surface area contributed by atoms with Gasteiger partial charge in [0.05, 0.1) is 22.7 Å². The maximum Gasteiger partial charge on any atom is 0.269 e. The van der Waals surface area contributed by atoms with Gasteiger partial charge in [-0.15, -0.1) is 0 Å². The molecule has 0 aromatic heterocycles. The van der Waals surface area contributed by atoms with Gasteiger partial charge in [0.25, 0.3) is 5.69 Å². The number of carbonyl (C=O) groups excluding carboxylic acids is 1. The van der Waals surface area contributed by atoms with E-state index in [0.29, 0.717) is 17.0 Å². The Labute approximate surface area is 156 Å². The van der Waals surface area contributed by atoms with Crippen LogP contribution in [0.4, 0.5) is 11.4 Å². The van der Waals surface area contributed by atoms with Gasteiger partial charge < -0.3 is 0 Å². The highest BCUT2D eigenvalue weighted by molar-refractivity contribution is 6.15. The number of benzene rings is 3. The average molecular weight is 359 g/mol. The molecule has 0 heterocycles. The molecule has 0 amide bonds. The molecule has 0 aliphatic heterocycles. The van der Waals surface area contributed by atoms with E-state index in [2.05, 4.69) is 10.5 Å². The first kappa shape index (κ1) is 18.0. The highest BCUT2D eigenvalue weighted by Crippen LogP contribution is 2.16. The number of hydrazone groups is 1. The van der Waals surface area contributed by atoms with Gasteiger partial charge in [-0.05, 0) is 17.7 Å². The van der Waals surface area contributed by atoms with Crippen molar-refractivity contribution in [3.63, 3.8) is 0 Å². The maximum absolute atomic E-state index is 12.6. The number of hydrogen-bond acceptors (Lipinski definition) is 5. The van der Waals surface area contributed by atoms with Gasteiger partial charge in [0, 0.05) is 17.7 Å². The fraction of sp³-hybridized carbons (Fsp3) is 0.0476. The minimum atomic E-state index is -0.457. The second-order valence-corrected chi connectivity index (χ2v) is 5.81. The molecule has 0 aliphatic rings. The largest absolute Gasteiger partial charge is 0.294 e. The second kappa shape index (κ2) is 8.53. The van der Waals surface area contributed by atoms with E-state index in [1.165, 1.54) is 12.1 Å². The normalized spacial score (nSPS) is 11.0. The van der Waals surface area contributed by atoms with E-state index >= 15 is 0 Å². The molecule has 3 aromatic rings. The molecule has 0 unspecified atom stereocenters. The number of ketones is 1. The minimum Gasteiger partial charge on any atom is -0.294 e. The highest BCUT2D eigenvalue weighted by Gasteiger charge is 2.12. The molecule has 0 aliphatic carbocycles. The Bertz CT molecular complexity index is 953. The fourth-order valence-corrected chi connectivity index (χ4v) is 2.50. The average Bonchev–Trinajstić information content (AvgIpc) is 2.72. The molecule has 3 rings (SSSR count). The number of non-ortho nitro benzene ring substituents is 1. The van der Waals surface area contributed by atoms with Crippen molar-refractivity contribution in [2.45, 2.75) is 6.42 Å². The number of nitrogens with one attached hydrogen (secondary N) is 1. The summed E-state index contributed by atoms with van der Waals surface area (Å²) in [6.45, 7) is 0. The Hall–Kier alpha value is -3.80. The first-order valence-corrected chi connectivity index (χ1v) is 8.34. The number of nitro benzene ring substituents is 1. The number of nitrogens with zero attached hydrogens (tertiary/aromatic N) is 2. The minimum absolute atomic E-state index is 0.00654. The van der Waals surface area contributed by atoms with Crippen LogP contribution in [0.2, 0.25) is 0 Å². The van der Waals surface area contributed by atoms with E-state index in [-0.39, 0.29) is 17.9 Å². The first-order chi connectivity index (χ1) is 13.1. The van der Waals surface area contributed by atoms with Crippen LogP contribution in [-0.2, 0) is 0 Å². The Morgan fingerprint density at radius 3 is 1.96 bits per heavy atom.